The van der Waals surface area contributed by atoms with Gasteiger partial charge in [-0.1, -0.05) is 12.1 Å². The van der Waals surface area contributed by atoms with Crippen LogP contribution in [0.2, 0.25) is 0 Å². The van der Waals surface area contributed by atoms with Gasteiger partial charge in [-0.15, -0.1) is 11.3 Å². The summed E-state index contributed by atoms with van der Waals surface area (Å²) in [5.74, 6) is 1.14. The van der Waals surface area contributed by atoms with Crippen molar-refractivity contribution >= 4 is 22.9 Å². The van der Waals surface area contributed by atoms with Gasteiger partial charge in [-0.3, -0.25) is 14.6 Å². The molecule has 0 radical (unpaired) electrons. The molecule has 0 aliphatic carbocycles. The molecule has 0 spiro atoms. The molecule has 0 aliphatic rings. The van der Waals surface area contributed by atoms with Crippen LogP contribution in [0.3, 0.4) is 0 Å². The monoisotopic (exact) mass is 437 g/mol. The zero-order valence-corrected chi connectivity index (χ0v) is 18.1. The molecule has 4 aromatic rings. The SMILES string of the molecule is CCOc1ccc(Cn2cc(NC(=O)c3cc(-c4cccs4)[nH]n3)cn2)cc1OCC. The molecular formula is C22H23N5O3S. The Labute approximate surface area is 183 Å². The second-order valence-corrected chi connectivity index (χ2v) is 7.62. The van der Waals surface area contributed by atoms with Gasteiger partial charge < -0.3 is 14.8 Å². The van der Waals surface area contributed by atoms with Crippen LogP contribution in [0.25, 0.3) is 10.6 Å². The first kappa shape index (κ1) is 20.7. The molecule has 160 valence electrons. The standard InChI is InChI=1S/C22H23N5O3S/c1-3-29-19-8-7-15(10-20(19)30-4-2)13-27-14-16(12-23-27)24-22(28)18-11-17(25-26-18)21-6-5-9-31-21/h5-12,14H,3-4,13H2,1-2H3,(H,24,28)(H,25,26). The number of H-pyrrole nitrogens is 1. The quantitative estimate of drug-likeness (QED) is 0.404. The van der Waals surface area contributed by atoms with Crippen molar-refractivity contribution in [3.63, 3.8) is 0 Å². The number of hydrogen-bond donors (Lipinski definition) is 2. The number of nitrogens with zero attached hydrogens (tertiary/aromatic N) is 3. The minimum absolute atomic E-state index is 0.293. The average Bonchev–Trinajstić information content (AvgIpc) is 3.52. The van der Waals surface area contributed by atoms with Crippen molar-refractivity contribution in [2.45, 2.75) is 20.4 Å². The zero-order chi connectivity index (χ0) is 21.6. The summed E-state index contributed by atoms with van der Waals surface area (Å²) in [4.78, 5) is 13.6. The summed E-state index contributed by atoms with van der Waals surface area (Å²) in [7, 11) is 0. The lowest BCUT2D eigenvalue weighted by atomic mass is 10.2. The molecule has 1 aromatic carbocycles. The summed E-state index contributed by atoms with van der Waals surface area (Å²) in [5, 5.41) is 16.2. The minimum Gasteiger partial charge on any atom is -0.490 e. The third kappa shape index (κ3) is 4.95. The molecule has 2 N–H and O–H groups in total. The van der Waals surface area contributed by atoms with Crippen LogP contribution in [-0.4, -0.2) is 39.1 Å². The fourth-order valence-electron chi connectivity index (χ4n) is 3.09. The van der Waals surface area contributed by atoms with Crippen molar-refractivity contribution in [3.05, 3.63) is 65.4 Å². The molecule has 4 rings (SSSR count). The fourth-order valence-corrected chi connectivity index (χ4v) is 3.78. The highest BCUT2D eigenvalue weighted by atomic mass is 32.1. The molecular weight excluding hydrogens is 414 g/mol. The van der Waals surface area contributed by atoms with E-state index in [2.05, 4.69) is 20.6 Å². The second-order valence-electron chi connectivity index (χ2n) is 6.67. The third-order valence-corrected chi connectivity index (χ3v) is 5.34. The zero-order valence-electron chi connectivity index (χ0n) is 17.3. The van der Waals surface area contributed by atoms with Gasteiger partial charge in [0, 0.05) is 6.20 Å². The Kier molecular flexibility index (Phi) is 6.32. The molecule has 0 saturated carbocycles. The van der Waals surface area contributed by atoms with Crippen LogP contribution in [0.15, 0.2) is 54.2 Å². The summed E-state index contributed by atoms with van der Waals surface area (Å²) in [6.45, 7) is 5.55. The van der Waals surface area contributed by atoms with E-state index >= 15 is 0 Å². The van der Waals surface area contributed by atoms with E-state index in [9.17, 15) is 4.79 Å². The van der Waals surface area contributed by atoms with E-state index in [1.165, 1.54) is 0 Å². The molecule has 31 heavy (non-hydrogen) atoms. The van der Waals surface area contributed by atoms with Gasteiger partial charge in [0.15, 0.2) is 17.2 Å². The van der Waals surface area contributed by atoms with Gasteiger partial charge in [-0.05, 0) is 49.1 Å². The Morgan fingerprint density at radius 3 is 2.77 bits per heavy atom. The van der Waals surface area contributed by atoms with Crippen molar-refractivity contribution < 1.29 is 14.3 Å². The van der Waals surface area contributed by atoms with Crippen LogP contribution in [0.1, 0.15) is 29.9 Å². The molecule has 8 nitrogen and oxygen atoms in total. The summed E-state index contributed by atoms with van der Waals surface area (Å²) >= 11 is 1.58. The Balaban J connectivity index is 1.41. The van der Waals surface area contributed by atoms with Crippen molar-refractivity contribution in [3.8, 4) is 22.1 Å². The average molecular weight is 438 g/mol. The number of ether oxygens (including phenoxy) is 2. The van der Waals surface area contributed by atoms with Crippen LogP contribution >= 0.6 is 11.3 Å². The Morgan fingerprint density at radius 2 is 2.00 bits per heavy atom. The van der Waals surface area contributed by atoms with Gasteiger partial charge in [0.2, 0.25) is 0 Å². The number of anilines is 1. The number of carbonyl (C=O) groups excluding carboxylic acids is 1. The molecule has 0 aliphatic heterocycles. The van der Waals surface area contributed by atoms with Crippen molar-refractivity contribution in [1.29, 1.82) is 0 Å². The molecule has 0 bridgehead atoms. The third-order valence-electron chi connectivity index (χ3n) is 4.44. The van der Waals surface area contributed by atoms with Crippen LogP contribution in [0, 0.1) is 0 Å². The molecule has 0 atom stereocenters. The van der Waals surface area contributed by atoms with E-state index in [4.69, 9.17) is 9.47 Å². The van der Waals surface area contributed by atoms with Crippen LogP contribution in [0.4, 0.5) is 5.69 Å². The van der Waals surface area contributed by atoms with Gasteiger partial charge in [-0.25, -0.2) is 0 Å². The summed E-state index contributed by atoms with van der Waals surface area (Å²) in [5.41, 5.74) is 2.75. The number of amides is 1. The Bertz CT molecular complexity index is 1150. The molecule has 3 aromatic heterocycles. The Hall–Kier alpha value is -3.59. The number of benzene rings is 1. The maximum Gasteiger partial charge on any atom is 0.276 e. The molecule has 3 heterocycles. The van der Waals surface area contributed by atoms with Gasteiger partial charge in [0.05, 0.1) is 42.2 Å². The molecule has 0 fully saturated rings. The number of hydrogen-bond acceptors (Lipinski definition) is 6. The number of rotatable bonds is 9. The second kappa shape index (κ2) is 9.48. The van der Waals surface area contributed by atoms with Crippen LogP contribution in [-0.2, 0) is 6.54 Å². The highest BCUT2D eigenvalue weighted by molar-refractivity contribution is 7.13. The summed E-state index contributed by atoms with van der Waals surface area (Å²) in [6.07, 6.45) is 3.39. The normalized spacial score (nSPS) is 10.8. The van der Waals surface area contributed by atoms with Gasteiger partial charge >= 0.3 is 0 Å². The van der Waals surface area contributed by atoms with E-state index in [0.717, 1.165) is 21.9 Å². The molecule has 0 unspecified atom stereocenters. The van der Waals surface area contributed by atoms with E-state index in [1.807, 2.05) is 49.6 Å². The van der Waals surface area contributed by atoms with Crippen LogP contribution < -0.4 is 14.8 Å². The number of aromatic nitrogens is 4. The van der Waals surface area contributed by atoms with Crippen LogP contribution in [0.5, 0.6) is 11.5 Å². The maximum atomic E-state index is 12.5. The smallest absolute Gasteiger partial charge is 0.276 e. The molecule has 1 amide bonds. The first-order chi connectivity index (χ1) is 15.2. The summed E-state index contributed by atoms with van der Waals surface area (Å²) in [6, 6.07) is 11.5. The van der Waals surface area contributed by atoms with E-state index in [0.29, 0.717) is 36.9 Å². The number of aromatic amines is 1. The predicted molar refractivity (Wildman–Crippen MR) is 120 cm³/mol. The first-order valence-corrected chi connectivity index (χ1v) is 10.9. The van der Waals surface area contributed by atoms with E-state index in [-0.39, 0.29) is 5.91 Å². The van der Waals surface area contributed by atoms with Gasteiger partial charge in [-0.2, -0.15) is 10.2 Å². The fraction of sp³-hybridized carbons (Fsp3) is 0.227. The summed E-state index contributed by atoms with van der Waals surface area (Å²) < 4.78 is 13.0. The minimum atomic E-state index is -0.293. The van der Waals surface area contributed by atoms with E-state index in [1.54, 1.807) is 34.5 Å². The topological polar surface area (TPSA) is 94.1 Å². The number of nitrogens with one attached hydrogen (secondary N) is 2. The number of carbonyl (C=O) groups is 1. The lowest BCUT2D eigenvalue weighted by molar-refractivity contribution is 0.102. The lowest BCUT2D eigenvalue weighted by Crippen LogP contribution is -2.11. The Morgan fingerprint density at radius 1 is 1.16 bits per heavy atom. The lowest BCUT2D eigenvalue weighted by Gasteiger charge is -2.12. The van der Waals surface area contributed by atoms with E-state index < -0.39 is 0 Å². The highest BCUT2D eigenvalue weighted by Crippen LogP contribution is 2.29. The maximum absolute atomic E-state index is 12.5. The van der Waals surface area contributed by atoms with Gasteiger partial charge in [0.25, 0.3) is 5.91 Å². The van der Waals surface area contributed by atoms with Gasteiger partial charge in [0.1, 0.15) is 0 Å². The largest absolute Gasteiger partial charge is 0.490 e. The van der Waals surface area contributed by atoms with Crippen molar-refractivity contribution in [2.75, 3.05) is 18.5 Å². The highest BCUT2D eigenvalue weighted by Gasteiger charge is 2.13. The van der Waals surface area contributed by atoms with Crippen molar-refractivity contribution in [2.24, 2.45) is 0 Å². The molecule has 0 saturated heterocycles. The first-order valence-electron chi connectivity index (χ1n) is 9.98. The molecule has 9 heteroatoms. The predicted octanol–water partition coefficient (Wildman–Crippen LogP) is 4.43. The van der Waals surface area contributed by atoms with Crippen molar-refractivity contribution in [1.82, 2.24) is 20.0 Å². The number of thiophene rings is 1.